The summed E-state index contributed by atoms with van der Waals surface area (Å²) in [7, 11) is 0. The van der Waals surface area contributed by atoms with E-state index in [9.17, 15) is 9.59 Å². The molecule has 1 saturated carbocycles. The molecule has 3 aliphatic rings. The summed E-state index contributed by atoms with van der Waals surface area (Å²) in [5.74, 6) is 1.35. The van der Waals surface area contributed by atoms with Crippen LogP contribution in [0.5, 0.6) is 0 Å². The number of hydrogen-bond donors (Lipinski definition) is 2. The minimum atomic E-state index is -0.309. The molecule has 2 saturated heterocycles. The van der Waals surface area contributed by atoms with Gasteiger partial charge in [0.1, 0.15) is 6.04 Å². The number of carbonyl (C=O) groups excluding carboxylic acids is 2. The molecule has 6 heteroatoms. The van der Waals surface area contributed by atoms with Crippen molar-refractivity contribution >= 4 is 23.6 Å². The van der Waals surface area contributed by atoms with Gasteiger partial charge >= 0.3 is 0 Å². The Bertz CT molecular complexity index is 413. The van der Waals surface area contributed by atoms with Crippen LogP contribution < -0.4 is 11.1 Å². The fourth-order valence-electron chi connectivity index (χ4n) is 3.04. The Kier molecular flexibility index (Phi) is 3.25. The molecule has 0 aromatic rings. The third-order valence-electron chi connectivity index (χ3n) is 4.49. The second kappa shape index (κ2) is 4.66. The van der Waals surface area contributed by atoms with Gasteiger partial charge in [-0.3, -0.25) is 9.59 Å². The van der Waals surface area contributed by atoms with Crippen LogP contribution in [0.1, 0.15) is 32.6 Å². The lowest BCUT2D eigenvalue weighted by atomic mass is 10.2. The van der Waals surface area contributed by atoms with Crippen LogP contribution in [0.25, 0.3) is 0 Å². The molecular formula is C13H21N3O2S. The molecule has 2 heterocycles. The van der Waals surface area contributed by atoms with Crippen LogP contribution in [0, 0.1) is 5.92 Å². The van der Waals surface area contributed by atoms with Crippen LogP contribution in [-0.4, -0.2) is 46.0 Å². The van der Waals surface area contributed by atoms with Crippen LogP contribution in [0.15, 0.2) is 0 Å². The number of nitrogens with one attached hydrogen (secondary N) is 1. The maximum absolute atomic E-state index is 12.2. The molecule has 3 unspecified atom stereocenters. The first-order valence-corrected chi connectivity index (χ1v) is 7.99. The number of rotatable bonds is 4. The van der Waals surface area contributed by atoms with Crippen molar-refractivity contribution in [1.29, 1.82) is 0 Å². The molecule has 1 aliphatic carbocycles. The van der Waals surface area contributed by atoms with Crippen molar-refractivity contribution < 1.29 is 9.59 Å². The summed E-state index contributed by atoms with van der Waals surface area (Å²) >= 11 is 1.72. The molecule has 19 heavy (non-hydrogen) atoms. The Balaban J connectivity index is 1.59. The van der Waals surface area contributed by atoms with Gasteiger partial charge in [0.2, 0.25) is 11.8 Å². The molecular weight excluding hydrogens is 262 g/mol. The Labute approximate surface area is 117 Å². The predicted octanol–water partition coefficient (Wildman–Crippen LogP) is 0.294. The van der Waals surface area contributed by atoms with E-state index in [0.717, 1.165) is 6.42 Å². The van der Waals surface area contributed by atoms with Gasteiger partial charge in [0, 0.05) is 24.8 Å². The third kappa shape index (κ3) is 2.36. The van der Waals surface area contributed by atoms with Gasteiger partial charge < -0.3 is 16.0 Å². The minimum Gasteiger partial charge on any atom is -0.353 e. The van der Waals surface area contributed by atoms with Crippen molar-refractivity contribution in [3.8, 4) is 0 Å². The molecule has 3 N–H and O–H groups in total. The summed E-state index contributed by atoms with van der Waals surface area (Å²) in [5, 5.41) is 2.92. The van der Waals surface area contributed by atoms with Crippen molar-refractivity contribution in [3.05, 3.63) is 0 Å². The standard InChI is InChI=1S/C13H21N3O2S/c1-13-5-4-11(17)16(13)10(7-19-13)12(18)15-6-9(14)8-2-3-8/h8-10H,2-7,14H2,1H3,(H,15,18). The summed E-state index contributed by atoms with van der Waals surface area (Å²) in [6.45, 7) is 2.59. The first-order valence-electron chi connectivity index (χ1n) is 7.01. The van der Waals surface area contributed by atoms with Crippen LogP contribution in [-0.2, 0) is 9.59 Å². The van der Waals surface area contributed by atoms with E-state index in [2.05, 4.69) is 12.2 Å². The molecule has 3 fully saturated rings. The lowest BCUT2D eigenvalue weighted by Crippen LogP contribution is -2.52. The average molecular weight is 283 g/mol. The van der Waals surface area contributed by atoms with E-state index in [1.807, 2.05) is 0 Å². The number of nitrogens with two attached hydrogens (primary N) is 1. The van der Waals surface area contributed by atoms with E-state index in [-0.39, 0.29) is 28.8 Å². The van der Waals surface area contributed by atoms with Gasteiger partial charge in [0.05, 0.1) is 4.87 Å². The van der Waals surface area contributed by atoms with E-state index in [4.69, 9.17) is 5.73 Å². The molecule has 5 nitrogen and oxygen atoms in total. The van der Waals surface area contributed by atoms with Gasteiger partial charge in [0.15, 0.2) is 0 Å². The SMILES string of the molecule is CC12CCC(=O)N1C(C(=O)NCC(N)C1CC1)CS2. The monoisotopic (exact) mass is 283 g/mol. The second-order valence-electron chi connectivity index (χ2n) is 6.01. The maximum Gasteiger partial charge on any atom is 0.243 e. The first kappa shape index (κ1) is 13.2. The van der Waals surface area contributed by atoms with Crippen LogP contribution in [0.3, 0.4) is 0 Å². The highest BCUT2D eigenvalue weighted by atomic mass is 32.2. The molecule has 0 spiro atoms. The fraction of sp³-hybridized carbons (Fsp3) is 0.846. The Morgan fingerprint density at radius 3 is 3.05 bits per heavy atom. The van der Waals surface area contributed by atoms with Crippen LogP contribution >= 0.6 is 11.8 Å². The van der Waals surface area contributed by atoms with E-state index < -0.39 is 0 Å². The van der Waals surface area contributed by atoms with Crippen molar-refractivity contribution in [2.75, 3.05) is 12.3 Å². The number of thioether (sulfide) groups is 1. The number of nitrogens with zero attached hydrogens (tertiary/aromatic N) is 1. The molecule has 3 atom stereocenters. The molecule has 0 aromatic heterocycles. The fourth-order valence-corrected chi connectivity index (χ4v) is 4.47. The maximum atomic E-state index is 12.2. The third-order valence-corrected chi connectivity index (χ3v) is 5.99. The Hall–Kier alpha value is -0.750. The van der Waals surface area contributed by atoms with Crippen molar-refractivity contribution in [2.45, 2.75) is 49.6 Å². The molecule has 3 rings (SSSR count). The van der Waals surface area contributed by atoms with Gasteiger partial charge in [-0.15, -0.1) is 11.8 Å². The highest BCUT2D eigenvalue weighted by molar-refractivity contribution is 8.01. The van der Waals surface area contributed by atoms with E-state index >= 15 is 0 Å². The zero-order valence-electron chi connectivity index (χ0n) is 11.2. The summed E-state index contributed by atoms with van der Waals surface area (Å²) in [5.41, 5.74) is 5.99. The molecule has 0 aromatic carbocycles. The lowest BCUT2D eigenvalue weighted by Gasteiger charge is -2.30. The summed E-state index contributed by atoms with van der Waals surface area (Å²) in [6.07, 6.45) is 3.77. The number of fused-ring (bicyclic) bond motifs is 1. The summed E-state index contributed by atoms with van der Waals surface area (Å²) in [6, 6.07) is -0.241. The minimum absolute atomic E-state index is 0.0393. The molecule has 106 valence electrons. The van der Waals surface area contributed by atoms with Crippen LogP contribution in [0.2, 0.25) is 0 Å². The van der Waals surface area contributed by atoms with Gasteiger partial charge in [-0.2, -0.15) is 0 Å². The summed E-state index contributed by atoms with van der Waals surface area (Å²) in [4.78, 5) is 25.8. The van der Waals surface area contributed by atoms with E-state index in [0.29, 0.717) is 24.6 Å². The van der Waals surface area contributed by atoms with Crippen molar-refractivity contribution in [2.24, 2.45) is 11.7 Å². The second-order valence-corrected chi connectivity index (χ2v) is 7.51. The average Bonchev–Trinajstić information content (AvgIpc) is 3.11. The zero-order valence-corrected chi connectivity index (χ0v) is 12.0. The smallest absolute Gasteiger partial charge is 0.243 e. The van der Waals surface area contributed by atoms with E-state index in [1.165, 1.54) is 12.8 Å². The number of carbonyl (C=O) groups is 2. The lowest BCUT2D eigenvalue weighted by molar-refractivity contribution is -0.137. The quantitative estimate of drug-likeness (QED) is 0.778. The van der Waals surface area contributed by atoms with Crippen molar-refractivity contribution in [3.63, 3.8) is 0 Å². The topological polar surface area (TPSA) is 75.4 Å². The molecule has 0 bridgehead atoms. The predicted molar refractivity (Wildman–Crippen MR) is 74.4 cm³/mol. The highest BCUT2D eigenvalue weighted by Gasteiger charge is 2.52. The Morgan fingerprint density at radius 1 is 1.63 bits per heavy atom. The van der Waals surface area contributed by atoms with Gasteiger partial charge in [-0.25, -0.2) is 0 Å². The Morgan fingerprint density at radius 2 is 2.37 bits per heavy atom. The molecule has 0 radical (unpaired) electrons. The molecule has 2 aliphatic heterocycles. The largest absolute Gasteiger partial charge is 0.353 e. The first-order chi connectivity index (χ1) is 9.01. The molecule has 2 amide bonds. The zero-order chi connectivity index (χ0) is 13.6. The van der Waals surface area contributed by atoms with Gasteiger partial charge in [-0.1, -0.05) is 0 Å². The van der Waals surface area contributed by atoms with Gasteiger partial charge in [-0.05, 0) is 32.1 Å². The number of amides is 2. The summed E-state index contributed by atoms with van der Waals surface area (Å²) < 4.78 is 0. The van der Waals surface area contributed by atoms with Crippen LogP contribution in [0.4, 0.5) is 0 Å². The van der Waals surface area contributed by atoms with E-state index in [1.54, 1.807) is 16.7 Å². The van der Waals surface area contributed by atoms with Crippen molar-refractivity contribution in [1.82, 2.24) is 10.2 Å². The normalized spacial score (nSPS) is 35.4. The number of hydrogen-bond acceptors (Lipinski definition) is 4. The highest BCUT2D eigenvalue weighted by Crippen LogP contribution is 2.47. The van der Waals surface area contributed by atoms with Gasteiger partial charge in [0.25, 0.3) is 0 Å².